The van der Waals surface area contributed by atoms with Gasteiger partial charge in [-0.3, -0.25) is 0 Å². The number of piperidine rings is 1. The number of ether oxygens (including phenoxy) is 2. The lowest BCUT2D eigenvalue weighted by Crippen LogP contribution is -2.51. The largest absolute Gasteiger partial charge is 0.508 e. The Labute approximate surface area is 231 Å². The highest BCUT2D eigenvalue weighted by atomic mass is 28.4. The van der Waals surface area contributed by atoms with Gasteiger partial charge < -0.3 is 18.8 Å². The lowest BCUT2D eigenvalue weighted by Gasteiger charge is -2.44. The maximum atomic E-state index is 11.9. The molecule has 1 heterocycles. The van der Waals surface area contributed by atoms with Gasteiger partial charge >= 0.3 is 6.16 Å². The number of unbranched alkanes of at least 4 members (excludes halogenated alkanes) is 9. The van der Waals surface area contributed by atoms with E-state index in [1.54, 1.807) is 0 Å². The molecule has 1 unspecified atom stereocenters. The molecular weight excluding hydrogens is 478 g/mol. The van der Waals surface area contributed by atoms with Crippen molar-refractivity contribution in [2.45, 2.75) is 168 Å². The molecule has 1 atom stereocenters. The topological polar surface area (TPSA) is 48.0 Å². The summed E-state index contributed by atoms with van der Waals surface area (Å²) in [7, 11) is -1.87. The summed E-state index contributed by atoms with van der Waals surface area (Å²) in [5.41, 5.74) is -0.424. The van der Waals surface area contributed by atoms with Crippen LogP contribution < -0.4 is 0 Å². The molecule has 0 spiro atoms. The van der Waals surface area contributed by atoms with Gasteiger partial charge in [0.1, 0.15) is 5.60 Å². The third-order valence-electron chi connectivity index (χ3n) is 8.81. The molecule has 0 aromatic rings. The standard InChI is InChI=1S/C31H63NO4Si/c1-9-12-13-14-15-16-17-18-19-20-21-28(36-37(7,8)30(4,5)22-10-2)27-32-25-23-31(6,24-26-32)35-29(33)34-11-3/h28H,9-27H2,1-8H3. The summed E-state index contributed by atoms with van der Waals surface area (Å²) < 4.78 is 17.8. The highest BCUT2D eigenvalue weighted by molar-refractivity contribution is 6.74. The number of hydrogen-bond acceptors (Lipinski definition) is 5. The quantitative estimate of drug-likeness (QED) is 0.0872. The Kier molecular flexibility index (Phi) is 16.6. The van der Waals surface area contributed by atoms with Gasteiger partial charge in [-0.25, -0.2) is 4.79 Å². The van der Waals surface area contributed by atoms with Gasteiger partial charge in [0, 0.05) is 19.6 Å². The maximum Gasteiger partial charge on any atom is 0.508 e. The van der Waals surface area contributed by atoms with Gasteiger partial charge in [-0.05, 0) is 57.7 Å². The Balaban J connectivity index is 2.59. The van der Waals surface area contributed by atoms with Gasteiger partial charge in [-0.2, -0.15) is 0 Å². The molecule has 1 aliphatic rings. The molecule has 1 aliphatic heterocycles. The van der Waals surface area contributed by atoms with Crippen molar-refractivity contribution >= 4 is 14.5 Å². The molecule has 0 bridgehead atoms. The Bertz CT molecular complexity index is 602. The van der Waals surface area contributed by atoms with Crippen LogP contribution in [0.3, 0.4) is 0 Å². The number of hydrogen-bond donors (Lipinski definition) is 0. The Morgan fingerprint density at radius 1 is 0.892 bits per heavy atom. The van der Waals surface area contributed by atoms with Crippen LogP contribution in [-0.4, -0.2) is 57.3 Å². The van der Waals surface area contributed by atoms with Crippen molar-refractivity contribution in [3.63, 3.8) is 0 Å². The third-order valence-corrected chi connectivity index (χ3v) is 13.2. The first-order chi connectivity index (χ1) is 17.5. The molecular formula is C31H63NO4Si. The van der Waals surface area contributed by atoms with Crippen molar-refractivity contribution in [1.82, 2.24) is 4.90 Å². The van der Waals surface area contributed by atoms with Crippen LogP contribution in [0.25, 0.3) is 0 Å². The maximum absolute atomic E-state index is 11.9. The average Bonchev–Trinajstić information content (AvgIpc) is 2.81. The van der Waals surface area contributed by atoms with Gasteiger partial charge in [-0.15, -0.1) is 0 Å². The fraction of sp³-hybridized carbons (Fsp3) is 0.968. The Morgan fingerprint density at radius 2 is 1.43 bits per heavy atom. The highest BCUT2D eigenvalue weighted by Gasteiger charge is 2.42. The second-order valence-corrected chi connectivity index (χ2v) is 17.5. The third kappa shape index (κ3) is 13.9. The predicted molar refractivity (Wildman–Crippen MR) is 160 cm³/mol. The lowest BCUT2D eigenvalue weighted by atomic mass is 9.93. The zero-order valence-corrected chi connectivity index (χ0v) is 27.1. The van der Waals surface area contributed by atoms with E-state index in [9.17, 15) is 4.79 Å². The summed E-state index contributed by atoms with van der Waals surface area (Å²) in [6, 6.07) is 0. The molecule has 0 radical (unpaired) electrons. The molecule has 0 N–H and O–H groups in total. The smallest absolute Gasteiger partial charge is 0.435 e. The van der Waals surface area contributed by atoms with Crippen LogP contribution in [0.4, 0.5) is 4.79 Å². The van der Waals surface area contributed by atoms with Crippen LogP contribution in [0.15, 0.2) is 0 Å². The second-order valence-electron chi connectivity index (χ2n) is 12.9. The van der Waals surface area contributed by atoms with Gasteiger partial charge in [0.25, 0.3) is 0 Å². The zero-order valence-electron chi connectivity index (χ0n) is 26.1. The molecule has 1 fully saturated rings. The summed E-state index contributed by atoms with van der Waals surface area (Å²) in [5.74, 6) is 0. The molecule has 1 saturated heterocycles. The van der Waals surface area contributed by atoms with Crippen LogP contribution in [-0.2, 0) is 13.9 Å². The van der Waals surface area contributed by atoms with Crippen molar-refractivity contribution in [1.29, 1.82) is 0 Å². The summed E-state index contributed by atoms with van der Waals surface area (Å²) in [4.78, 5) is 14.4. The molecule has 0 amide bonds. The molecule has 6 heteroatoms. The van der Waals surface area contributed by atoms with Crippen LogP contribution in [0, 0.1) is 0 Å². The minimum absolute atomic E-state index is 0.270. The van der Waals surface area contributed by atoms with Crippen LogP contribution in [0.1, 0.15) is 138 Å². The number of nitrogens with zero attached hydrogens (tertiary/aromatic N) is 1. The summed E-state index contributed by atoms with van der Waals surface area (Å²) in [5, 5.41) is 0.270. The molecule has 0 aromatic carbocycles. The minimum atomic E-state index is -1.87. The van der Waals surface area contributed by atoms with Crippen LogP contribution >= 0.6 is 0 Å². The molecule has 37 heavy (non-hydrogen) atoms. The number of rotatable bonds is 20. The van der Waals surface area contributed by atoms with Gasteiger partial charge in [-0.1, -0.05) is 98.3 Å². The van der Waals surface area contributed by atoms with E-state index in [0.29, 0.717) is 12.7 Å². The first-order valence-electron chi connectivity index (χ1n) is 15.7. The Morgan fingerprint density at radius 3 is 1.95 bits per heavy atom. The van der Waals surface area contributed by atoms with Crippen molar-refractivity contribution < 1.29 is 18.7 Å². The number of carbonyl (C=O) groups is 1. The lowest BCUT2D eigenvalue weighted by molar-refractivity contribution is -0.0592. The molecule has 220 valence electrons. The van der Waals surface area contributed by atoms with Crippen molar-refractivity contribution in [3.8, 4) is 0 Å². The molecule has 0 aliphatic carbocycles. The normalized spacial score (nSPS) is 17.5. The van der Waals surface area contributed by atoms with E-state index in [1.807, 2.05) is 13.8 Å². The van der Waals surface area contributed by atoms with Crippen LogP contribution in [0.5, 0.6) is 0 Å². The summed E-state index contributed by atoms with van der Waals surface area (Å²) in [6.07, 6.45) is 18.7. The molecule has 5 nitrogen and oxygen atoms in total. The van der Waals surface area contributed by atoms with E-state index in [4.69, 9.17) is 13.9 Å². The average molecular weight is 542 g/mol. The minimum Gasteiger partial charge on any atom is -0.435 e. The summed E-state index contributed by atoms with van der Waals surface area (Å²) in [6.45, 7) is 21.3. The van der Waals surface area contributed by atoms with Gasteiger partial charge in [0.15, 0.2) is 8.32 Å². The second kappa shape index (κ2) is 17.9. The molecule has 0 saturated carbocycles. The van der Waals surface area contributed by atoms with Crippen molar-refractivity contribution in [3.05, 3.63) is 0 Å². The van der Waals surface area contributed by atoms with Crippen LogP contribution in [0.2, 0.25) is 18.1 Å². The fourth-order valence-corrected chi connectivity index (χ4v) is 7.69. The van der Waals surface area contributed by atoms with E-state index >= 15 is 0 Å². The first-order valence-corrected chi connectivity index (χ1v) is 18.7. The highest BCUT2D eigenvalue weighted by Crippen LogP contribution is 2.43. The van der Waals surface area contributed by atoms with Gasteiger partial charge in [0.05, 0.1) is 12.7 Å². The van der Waals surface area contributed by atoms with Crippen molar-refractivity contribution in [2.24, 2.45) is 0 Å². The number of likely N-dealkylation sites (tertiary alicyclic amines) is 1. The Hall–Kier alpha value is -0.593. The predicted octanol–water partition coefficient (Wildman–Crippen LogP) is 9.50. The van der Waals surface area contributed by atoms with E-state index in [2.05, 4.69) is 45.7 Å². The van der Waals surface area contributed by atoms with E-state index in [0.717, 1.165) is 38.9 Å². The number of carbonyl (C=O) groups excluding carboxylic acids is 1. The van der Waals surface area contributed by atoms with Crippen molar-refractivity contribution in [2.75, 3.05) is 26.2 Å². The van der Waals surface area contributed by atoms with E-state index < -0.39 is 20.1 Å². The summed E-state index contributed by atoms with van der Waals surface area (Å²) >= 11 is 0. The van der Waals surface area contributed by atoms with E-state index in [-0.39, 0.29) is 5.04 Å². The SMILES string of the molecule is CCCCCCCCCCCCC(CN1CCC(C)(OC(=O)OCC)CC1)O[Si](C)(C)C(C)(C)CCC. The fourth-order valence-electron chi connectivity index (χ4n) is 5.50. The molecule has 0 aromatic heterocycles. The van der Waals surface area contributed by atoms with E-state index in [1.165, 1.54) is 77.0 Å². The monoisotopic (exact) mass is 541 g/mol. The zero-order chi connectivity index (χ0) is 27.8. The van der Waals surface area contributed by atoms with Gasteiger partial charge in [0.2, 0.25) is 0 Å². The molecule has 1 rings (SSSR count). The first kappa shape index (κ1) is 34.4.